The number of carboxylic acids is 1. The molecule has 7 nitrogen and oxygen atoms in total. The van der Waals surface area contributed by atoms with Gasteiger partial charge in [-0.3, -0.25) is 10.1 Å². The summed E-state index contributed by atoms with van der Waals surface area (Å²) in [6.07, 6.45) is 14.7. The highest BCUT2D eigenvalue weighted by atomic mass is 32.2. The van der Waals surface area contributed by atoms with Gasteiger partial charge in [0, 0.05) is 18.9 Å². The zero-order valence-corrected chi connectivity index (χ0v) is 21.2. The minimum absolute atomic E-state index is 0.0553. The summed E-state index contributed by atoms with van der Waals surface area (Å²) >= 11 is 2.89. The number of amides is 2. The van der Waals surface area contributed by atoms with Crippen LogP contribution in [-0.4, -0.2) is 58.0 Å². The Morgan fingerprint density at radius 2 is 1.88 bits per heavy atom. The number of thioether (sulfide) groups is 1. The number of hydrogen-bond acceptors (Lipinski definition) is 6. The molecular weight excluding hydrogens is 458 g/mol. The Morgan fingerprint density at radius 1 is 1.18 bits per heavy atom. The molecule has 0 atom stereocenters. The van der Waals surface area contributed by atoms with Gasteiger partial charge in [0.2, 0.25) is 0 Å². The van der Waals surface area contributed by atoms with Crippen molar-refractivity contribution in [1.29, 1.82) is 0 Å². The molecular formula is C24H37N3O4S2. The van der Waals surface area contributed by atoms with Crippen LogP contribution in [0.2, 0.25) is 0 Å². The van der Waals surface area contributed by atoms with Crippen molar-refractivity contribution in [2.75, 3.05) is 24.8 Å². The average molecular weight is 496 g/mol. The summed E-state index contributed by atoms with van der Waals surface area (Å²) < 4.78 is 6.67. The number of carboxylic acid groups (broad SMARTS) is 1. The normalized spacial score (nSPS) is 26.2. The van der Waals surface area contributed by atoms with Crippen LogP contribution in [0.4, 0.5) is 9.93 Å². The van der Waals surface area contributed by atoms with Crippen molar-refractivity contribution >= 4 is 40.2 Å². The van der Waals surface area contributed by atoms with Crippen molar-refractivity contribution in [2.24, 2.45) is 11.8 Å². The molecule has 0 spiro atoms. The topological polar surface area (TPSA) is 91.8 Å². The van der Waals surface area contributed by atoms with Gasteiger partial charge in [-0.1, -0.05) is 30.6 Å². The molecule has 3 fully saturated rings. The number of thiazole rings is 1. The quantitative estimate of drug-likeness (QED) is 0.395. The van der Waals surface area contributed by atoms with E-state index in [9.17, 15) is 9.59 Å². The van der Waals surface area contributed by atoms with Crippen molar-refractivity contribution in [3.05, 3.63) is 6.20 Å². The van der Waals surface area contributed by atoms with Gasteiger partial charge in [-0.25, -0.2) is 9.78 Å². The third kappa shape index (κ3) is 6.42. The van der Waals surface area contributed by atoms with Crippen molar-refractivity contribution in [3.63, 3.8) is 0 Å². The summed E-state index contributed by atoms with van der Waals surface area (Å²) in [7, 11) is 1.76. The summed E-state index contributed by atoms with van der Waals surface area (Å²) in [5.41, 5.74) is -0.247. The molecule has 0 saturated heterocycles. The van der Waals surface area contributed by atoms with E-state index >= 15 is 0 Å². The molecule has 2 N–H and O–H groups in total. The Hall–Kier alpha value is -1.32. The van der Waals surface area contributed by atoms with Crippen LogP contribution in [0.1, 0.15) is 77.0 Å². The number of nitrogens with one attached hydrogen (secondary N) is 1. The maximum Gasteiger partial charge on any atom is 0.324 e. The lowest BCUT2D eigenvalue weighted by Gasteiger charge is -2.51. The summed E-state index contributed by atoms with van der Waals surface area (Å²) in [6, 6.07) is 0.191. The van der Waals surface area contributed by atoms with Gasteiger partial charge in [-0.2, -0.15) is 0 Å². The Balaban J connectivity index is 1.48. The van der Waals surface area contributed by atoms with Gasteiger partial charge >= 0.3 is 12.0 Å². The Labute approximate surface area is 205 Å². The summed E-state index contributed by atoms with van der Waals surface area (Å²) in [5.74, 6) is 1.42. The Bertz CT molecular complexity index is 799. The van der Waals surface area contributed by atoms with E-state index in [0.717, 1.165) is 41.7 Å². The molecule has 3 aliphatic carbocycles. The lowest BCUT2D eigenvalue weighted by molar-refractivity contribution is -0.136. The molecule has 9 heteroatoms. The van der Waals surface area contributed by atoms with Crippen LogP contribution in [0.3, 0.4) is 0 Å². The fourth-order valence-electron chi connectivity index (χ4n) is 5.82. The number of aliphatic carboxylic acids is 1. The number of rotatable bonds is 10. The van der Waals surface area contributed by atoms with Gasteiger partial charge < -0.3 is 14.7 Å². The first-order valence-electron chi connectivity index (χ1n) is 12.4. The SMILES string of the molecule is COCC1(N(C(=O)Nc2ncc(SCCC(=O)O)s2)C2CCCCC2)CCC(C2CC2)CC1. The number of ether oxygens (including phenoxy) is 1. The maximum atomic E-state index is 13.8. The molecule has 0 aromatic carbocycles. The molecule has 4 rings (SSSR count). The smallest absolute Gasteiger partial charge is 0.324 e. The molecule has 0 radical (unpaired) electrons. The number of carbonyl (C=O) groups is 2. The minimum Gasteiger partial charge on any atom is -0.481 e. The molecule has 1 aromatic heterocycles. The molecule has 33 heavy (non-hydrogen) atoms. The zero-order valence-electron chi connectivity index (χ0n) is 19.6. The molecule has 1 aromatic rings. The fraction of sp³-hybridized carbons (Fsp3) is 0.792. The largest absolute Gasteiger partial charge is 0.481 e. The van der Waals surface area contributed by atoms with E-state index in [1.165, 1.54) is 68.0 Å². The van der Waals surface area contributed by atoms with Crippen LogP contribution in [0, 0.1) is 11.8 Å². The monoisotopic (exact) mass is 495 g/mol. The fourth-order valence-corrected chi connectivity index (χ4v) is 7.69. The van der Waals surface area contributed by atoms with E-state index in [1.807, 2.05) is 0 Å². The van der Waals surface area contributed by atoms with Crippen LogP contribution in [0.15, 0.2) is 10.4 Å². The van der Waals surface area contributed by atoms with E-state index in [4.69, 9.17) is 9.84 Å². The van der Waals surface area contributed by atoms with Crippen LogP contribution in [0.25, 0.3) is 0 Å². The van der Waals surface area contributed by atoms with E-state index in [0.29, 0.717) is 17.5 Å². The predicted octanol–water partition coefficient (Wildman–Crippen LogP) is 5.86. The highest BCUT2D eigenvalue weighted by Gasteiger charge is 2.48. The highest BCUT2D eigenvalue weighted by Crippen LogP contribution is 2.48. The molecule has 2 amide bonds. The number of urea groups is 1. The van der Waals surface area contributed by atoms with Gasteiger partial charge in [-0.05, 0) is 63.2 Å². The summed E-state index contributed by atoms with van der Waals surface area (Å²) in [5, 5.41) is 12.5. The van der Waals surface area contributed by atoms with E-state index in [1.54, 1.807) is 13.3 Å². The number of anilines is 1. The van der Waals surface area contributed by atoms with Crippen LogP contribution < -0.4 is 5.32 Å². The van der Waals surface area contributed by atoms with E-state index in [-0.39, 0.29) is 24.0 Å². The van der Waals surface area contributed by atoms with Gasteiger partial charge in [0.05, 0.1) is 29.0 Å². The van der Waals surface area contributed by atoms with Crippen LogP contribution >= 0.6 is 23.1 Å². The molecule has 0 unspecified atom stereocenters. The second kappa shape index (κ2) is 11.4. The maximum absolute atomic E-state index is 13.8. The van der Waals surface area contributed by atoms with Crippen molar-refractivity contribution in [1.82, 2.24) is 9.88 Å². The first kappa shape index (κ1) is 24.8. The number of methoxy groups -OCH3 is 1. The van der Waals surface area contributed by atoms with Crippen molar-refractivity contribution in [2.45, 2.75) is 92.8 Å². The first-order valence-corrected chi connectivity index (χ1v) is 14.2. The third-order valence-electron chi connectivity index (χ3n) is 7.59. The number of hydrogen-bond donors (Lipinski definition) is 2. The van der Waals surface area contributed by atoms with Crippen molar-refractivity contribution in [3.8, 4) is 0 Å². The van der Waals surface area contributed by atoms with Gasteiger partial charge in [0.1, 0.15) is 0 Å². The Kier molecular flexibility index (Phi) is 8.57. The molecule has 3 saturated carbocycles. The average Bonchev–Trinajstić information content (AvgIpc) is 3.55. The summed E-state index contributed by atoms with van der Waals surface area (Å²) in [4.78, 5) is 31.1. The van der Waals surface area contributed by atoms with Gasteiger partial charge in [-0.15, -0.1) is 11.8 Å². The predicted molar refractivity (Wildman–Crippen MR) is 132 cm³/mol. The Morgan fingerprint density at radius 3 is 2.52 bits per heavy atom. The molecule has 0 aliphatic heterocycles. The van der Waals surface area contributed by atoms with E-state index < -0.39 is 5.97 Å². The molecule has 3 aliphatic rings. The molecule has 1 heterocycles. The zero-order chi connectivity index (χ0) is 23.3. The molecule has 184 valence electrons. The first-order chi connectivity index (χ1) is 16.0. The van der Waals surface area contributed by atoms with Crippen molar-refractivity contribution < 1.29 is 19.4 Å². The number of nitrogens with zero attached hydrogens (tertiary/aromatic N) is 2. The number of aromatic nitrogens is 1. The van der Waals surface area contributed by atoms with Gasteiger partial charge in [0.15, 0.2) is 5.13 Å². The lowest BCUT2D eigenvalue weighted by atomic mass is 9.73. The van der Waals surface area contributed by atoms with Crippen LogP contribution in [-0.2, 0) is 9.53 Å². The standard InChI is InChI=1S/C24H37N3O4S2/c1-31-16-24(12-9-18(10-13-24)17-7-8-17)27(19-5-3-2-4-6-19)23(30)26-22-25-15-21(33-22)32-14-11-20(28)29/h15,17-19H,2-14,16H2,1H3,(H,28,29)(H,25,26,30). The van der Waals surface area contributed by atoms with Gasteiger partial charge in [0.25, 0.3) is 0 Å². The molecule has 0 bridgehead atoms. The van der Waals surface area contributed by atoms with Crippen LogP contribution in [0.5, 0.6) is 0 Å². The van der Waals surface area contributed by atoms with E-state index in [2.05, 4.69) is 15.2 Å². The second-order valence-electron chi connectivity index (χ2n) is 9.90. The second-order valence-corrected chi connectivity index (χ2v) is 12.3. The third-order valence-corrected chi connectivity index (χ3v) is 9.70. The number of carbonyl (C=O) groups excluding carboxylic acids is 1. The lowest BCUT2D eigenvalue weighted by Crippen LogP contribution is -2.61. The minimum atomic E-state index is -0.802. The highest BCUT2D eigenvalue weighted by molar-refractivity contribution is 8.01. The summed E-state index contributed by atoms with van der Waals surface area (Å²) in [6.45, 7) is 0.586.